The first kappa shape index (κ1) is 34.1. The molecular formula is C37H41N2O7P. The van der Waals surface area contributed by atoms with Crippen LogP contribution in [-0.4, -0.2) is 69.4 Å². The highest BCUT2D eigenvalue weighted by atomic mass is 31.2. The van der Waals surface area contributed by atoms with Crippen LogP contribution >= 0.6 is 7.67 Å². The van der Waals surface area contributed by atoms with Crippen molar-refractivity contribution in [2.45, 2.75) is 24.4 Å². The minimum atomic E-state index is -3.65. The largest absolute Gasteiger partial charge is 0.485 e. The van der Waals surface area contributed by atoms with Gasteiger partial charge in [0.05, 0.1) is 6.61 Å². The minimum Gasteiger partial charge on any atom is -0.485 e. The number of ether oxygens (including phenoxy) is 4. The van der Waals surface area contributed by atoms with Gasteiger partial charge < -0.3 is 23.5 Å². The summed E-state index contributed by atoms with van der Waals surface area (Å²) in [7, 11) is 4.34. The Kier molecular flexibility index (Phi) is 11.0. The van der Waals surface area contributed by atoms with Crippen molar-refractivity contribution in [1.29, 1.82) is 0 Å². The topological polar surface area (TPSA) is 86.8 Å². The molecule has 0 aromatic heterocycles. The summed E-state index contributed by atoms with van der Waals surface area (Å²) in [6.45, 7) is 0.0985. The number of rotatable bonds is 15. The molecule has 9 nitrogen and oxygen atoms in total. The van der Waals surface area contributed by atoms with E-state index in [-0.39, 0.29) is 24.7 Å². The Bertz CT molecular complexity index is 1570. The number of esters is 1. The Morgan fingerprint density at radius 3 is 1.62 bits per heavy atom. The third-order valence-corrected chi connectivity index (χ3v) is 10.4. The monoisotopic (exact) mass is 656 g/mol. The van der Waals surface area contributed by atoms with Crippen LogP contribution in [0.25, 0.3) is 0 Å². The molecule has 5 rings (SSSR count). The summed E-state index contributed by atoms with van der Waals surface area (Å²) in [6.07, 6.45) is -1.89. The molecule has 0 amide bonds. The molecule has 1 heterocycles. The molecule has 1 aliphatic rings. The molecule has 0 radical (unpaired) electrons. The van der Waals surface area contributed by atoms with E-state index in [0.717, 1.165) is 22.3 Å². The van der Waals surface area contributed by atoms with Crippen LogP contribution in [0.5, 0.6) is 0 Å². The fraction of sp³-hybridized carbons (Fsp3) is 0.270. The van der Waals surface area contributed by atoms with Crippen molar-refractivity contribution in [3.8, 4) is 0 Å². The molecule has 0 aliphatic carbocycles. The Hall–Kier alpha value is -4.24. The molecule has 47 heavy (non-hydrogen) atoms. The maximum absolute atomic E-state index is 13.9. The van der Waals surface area contributed by atoms with Gasteiger partial charge in [0.2, 0.25) is 0 Å². The van der Waals surface area contributed by atoms with Gasteiger partial charge >= 0.3 is 13.6 Å². The van der Waals surface area contributed by atoms with Crippen LogP contribution in [0.4, 0.5) is 0 Å². The van der Waals surface area contributed by atoms with Crippen molar-refractivity contribution >= 4 is 13.6 Å². The fourth-order valence-corrected chi connectivity index (χ4v) is 7.00. The van der Waals surface area contributed by atoms with E-state index in [9.17, 15) is 9.36 Å². The normalized spacial score (nSPS) is 16.0. The molecule has 0 bridgehead atoms. The predicted molar refractivity (Wildman–Crippen MR) is 180 cm³/mol. The minimum absolute atomic E-state index is 0.0162. The standard InChI is InChI=1S/C37H41N2O7P/c1-38(2)47(41,39(3)4)46-35-34(43-26-28-18-10-6-11-19-28)33(45-36(35)40)32(42-5)27-44-37(29-20-12-7-13-21-29,30-22-14-8-15-23-30)31-24-16-9-17-25-31/h6-25,32-33H,26-27H2,1-5H3. The summed E-state index contributed by atoms with van der Waals surface area (Å²) in [5.41, 5.74) is 2.56. The van der Waals surface area contributed by atoms with Crippen LogP contribution in [0.2, 0.25) is 0 Å². The van der Waals surface area contributed by atoms with Crippen LogP contribution in [0.3, 0.4) is 0 Å². The summed E-state index contributed by atoms with van der Waals surface area (Å²) in [4.78, 5) is 13.5. The fourth-order valence-electron chi connectivity index (χ4n) is 5.56. The summed E-state index contributed by atoms with van der Waals surface area (Å²) in [5.74, 6) is -0.980. The summed E-state index contributed by atoms with van der Waals surface area (Å²) in [5, 5.41) is 0. The van der Waals surface area contributed by atoms with Gasteiger partial charge in [0, 0.05) is 7.11 Å². The SMILES string of the molecule is COC(COC(c1ccccc1)(c1ccccc1)c1ccccc1)C1OC(=O)C(OP(=O)(N(C)C)N(C)C)=C1OCc1ccccc1. The molecule has 0 fully saturated rings. The van der Waals surface area contributed by atoms with Crippen molar-refractivity contribution in [2.24, 2.45) is 0 Å². The van der Waals surface area contributed by atoms with Gasteiger partial charge in [0.25, 0.3) is 5.76 Å². The molecular weight excluding hydrogens is 615 g/mol. The number of benzene rings is 4. The quantitative estimate of drug-likeness (QED) is 0.0797. The highest BCUT2D eigenvalue weighted by Crippen LogP contribution is 2.54. The van der Waals surface area contributed by atoms with E-state index in [1.807, 2.05) is 121 Å². The van der Waals surface area contributed by atoms with E-state index >= 15 is 0 Å². The molecule has 4 aromatic carbocycles. The third kappa shape index (κ3) is 7.20. The molecule has 10 heteroatoms. The average Bonchev–Trinajstić information content (AvgIpc) is 3.40. The zero-order valence-electron chi connectivity index (χ0n) is 27.3. The second-order valence-corrected chi connectivity index (χ2v) is 14.2. The Balaban J connectivity index is 1.56. The first-order valence-electron chi connectivity index (χ1n) is 15.3. The van der Waals surface area contributed by atoms with Crippen molar-refractivity contribution < 1.29 is 32.8 Å². The number of cyclic esters (lactones) is 1. The molecule has 0 N–H and O–H groups in total. The summed E-state index contributed by atoms with van der Waals surface area (Å²) >= 11 is 0. The van der Waals surface area contributed by atoms with E-state index in [1.165, 1.54) is 16.5 Å². The van der Waals surface area contributed by atoms with Crippen LogP contribution in [0.15, 0.2) is 133 Å². The molecule has 2 unspecified atom stereocenters. The smallest absolute Gasteiger partial charge is 0.395 e. The number of hydrogen-bond acceptors (Lipinski definition) is 7. The van der Waals surface area contributed by atoms with Crippen molar-refractivity contribution in [1.82, 2.24) is 9.34 Å². The van der Waals surface area contributed by atoms with E-state index in [2.05, 4.69) is 0 Å². The van der Waals surface area contributed by atoms with Crippen LogP contribution in [-0.2, 0) is 45.0 Å². The molecule has 0 spiro atoms. The van der Waals surface area contributed by atoms with Crippen LogP contribution in [0.1, 0.15) is 22.3 Å². The maximum Gasteiger partial charge on any atom is 0.395 e. The van der Waals surface area contributed by atoms with Crippen molar-refractivity contribution in [2.75, 3.05) is 41.9 Å². The van der Waals surface area contributed by atoms with E-state index in [1.54, 1.807) is 28.2 Å². The molecule has 0 saturated heterocycles. The van der Waals surface area contributed by atoms with Gasteiger partial charge in [-0.1, -0.05) is 121 Å². The van der Waals surface area contributed by atoms with E-state index in [4.69, 9.17) is 23.5 Å². The van der Waals surface area contributed by atoms with Crippen LogP contribution in [0, 0.1) is 0 Å². The zero-order valence-corrected chi connectivity index (χ0v) is 28.2. The number of methoxy groups -OCH3 is 1. The zero-order chi connectivity index (χ0) is 33.4. The predicted octanol–water partition coefficient (Wildman–Crippen LogP) is 6.61. The lowest BCUT2D eigenvalue weighted by atomic mass is 9.80. The number of carbonyl (C=O) groups excluding carboxylic acids is 1. The summed E-state index contributed by atoms with van der Waals surface area (Å²) < 4.78 is 47.9. The lowest BCUT2D eigenvalue weighted by molar-refractivity contribution is -0.152. The second kappa shape index (κ2) is 15.1. The first-order chi connectivity index (χ1) is 22.7. The summed E-state index contributed by atoms with van der Waals surface area (Å²) in [6, 6.07) is 39.4. The van der Waals surface area contributed by atoms with Gasteiger partial charge in [-0.05, 0) is 50.4 Å². The molecule has 2 atom stereocenters. The first-order valence-corrected chi connectivity index (χ1v) is 16.8. The highest BCUT2D eigenvalue weighted by Gasteiger charge is 2.48. The van der Waals surface area contributed by atoms with Gasteiger partial charge in [-0.3, -0.25) is 0 Å². The number of hydrogen-bond donors (Lipinski definition) is 0. The van der Waals surface area contributed by atoms with Gasteiger partial charge in [-0.15, -0.1) is 0 Å². The van der Waals surface area contributed by atoms with E-state index < -0.39 is 31.4 Å². The molecule has 0 saturated carbocycles. The second-order valence-electron chi connectivity index (χ2n) is 11.4. The lowest BCUT2D eigenvalue weighted by Gasteiger charge is -2.37. The maximum atomic E-state index is 13.9. The van der Waals surface area contributed by atoms with Gasteiger partial charge in [-0.25, -0.2) is 18.7 Å². The van der Waals surface area contributed by atoms with Crippen LogP contribution < -0.4 is 0 Å². The third-order valence-electron chi connectivity index (χ3n) is 8.01. The Morgan fingerprint density at radius 1 is 0.745 bits per heavy atom. The van der Waals surface area contributed by atoms with E-state index in [0.29, 0.717) is 0 Å². The number of carbonyl (C=O) groups is 1. The van der Waals surface area contributed by atoms with Gasteiger partial charge in [-0.2, -0.15) is 0 Å². The van der Waals surface area contributed by atoms with Gasteiger partial charge in [0.1, 0.15) is 18.3 Å². The Morgan fingerprint density at radius 2 is 1.19 bits per heavy atom. The average molecular weight is 657 g/mol. The lowest BCUT2D eigenvalue weighted by Crippen LogP contribution is -2.41. The van der Waals surface area contributed by atoms with Crippen molar-refractivity contribution in [3.05, 3.63) is 155 Å². The van der Waals surface area contributed by atoms with Gasteiger partial charge in [0.15, 0.2) is 11.9 Å². The molecule has 1 aliphatic heterocycles. The van der Waals surface area contributed by atoms with Crippen molar-refractivity contribution in [3.63, 3.8) is 0 Å². The number of nitrogens with zero attached hydrogens (tertiary/aromatic N) is 2. The Labute approximate surface area is 276 Å². The highest BCUT2D eigenvalue weighted by molar-refractivity contribution is 7.54. The molecule has 4 aromatic rings. The molecule has 246 valence electrons.